The van der Waals surface area contributed by atoms with Crippen LogP contribution < -0.4 is 5.32 Å². The summed E-state index contributed by atoms with van der Waals surface area (Å²) >= 11 is 0. The van der Waals surface area contributed by atoms with E-state index >= 15 is 0 Å². The lowest BCUT2D eigenvalue weighted by Crippen LogP contribution is -2.45. The third-order valence-corrected chi connectivity index (χ3v) is 5.67. The van der Waals surface area contributed by atoms with Gasteiger partial charge in [0.15, 0.2) is 0 Å². The van der Waals surface area contributed by atoms with Gasteiger partial charge in [-0.15, -0.1) is 0 Å². The van der Waals surface area contributed by atoms with E-state index in [2.05, 4.69) is 37.9 Å². The summed E-state index contributed by atoms with van der Waals surface area (Å²) < 4.78 is 0. The molecule has 2 fully saturated rings. The Morgan fingerprint density at radius 1 is 1.20 bits per heavy atom. The summed E-state index contributed by atoms with van der Waals surface area (Å²) in [6, 6.07) is 0.916. The van der Waals surface area contributed by atoms with E-state index in [1.165, 1.54) is 58.2 Å². The molecule has 1 aliphatic heterocycles. The lowest BCUT2D eigenvalue weighted by Gasteiger charge is -2.38. The highest BCUT2D eigenvalue weighted by atomic mass is 15.2. The minimum absolute atomic E-state index is 0.446. The second-order valence-corrected chi connectivity index (χ2v) is 8.06. The standard InChI is InChI=1S/C18H36N2/c1-5-18(4,13-19-12-15(2)3)14-20-11-10-16-8-6-7-9-17(16)20/h15-17,19H,5-14H2,1-4H3. The highest BCUT2D eigenvalue weighted by Crippen LogP contribution is 2.38. The fourth-order valence-electron chi connectivity index (χ4n) is 4.14. The van der Waals surface area contributed by atoms with E-state index in [1.54, 1.807) is 0 Å². The van der Waals surface area contributed by atoms with Crippen LogP contribution in [0.4, 0.5) is 0 Å². The second kappa shape index (κ2) is 7.26. The Morgan fingerprint density at radius 2 is 1.95 bits per heavy atom. The average molecular weight is 280 g/mol. The minimum Gasteiger partial charge on any atom is -0.316 e. The highest BCUT2D eigenvalue weighted by molar-refractivity contribution is 4.92. The molecule has 20 heavy (non-hydrogen) atoms. The summed E-state index contributed by atoms with van der Waals surface area (Å²) in [7, 11) is 0. The molecule has 1 saturated heterocycles. The summed E-state index contributed by atoms with van der Waals surface area (Å²) in [6.45, 7) is 14.4. The number of likely N-dealkylation sites (tertiary alicyclic amines) is 1. The molecule has 2 aliphatic rings. The van der Waals surface area contributed by atoms with Crippen LogP contribution in [0.15, 0.2) is 0 Å². The monoisotopic (exact) mass is 280 g/mol. The van der Waals surface area contributed by atoms with E-state index in [0.717, 1.165) is 24.4 Å². The van der Waals surface area contributed by atoms with Crippen molar-refractivity contribution in [1.82, 2.24) is 10.2 Å². The molecule has 0 spiro atoms. The van der Waals surface area contributed by atoms with Gasteiger partial charge in [0.1, 0.15) is 0 Å². The smallest absolute Gasteiger partial charge is 0.0124 e. The molecule has 3 unspecified atom stereocenters. The Kier molecular flexibility index (Phi) is 5.92. The van der Waals surface area contributed by atoms with Crippen LogP contribution in [0.1, 0.15) is 66.2 Å². The van der Waals surface area contributed by atoms with Gasteiger partial charge in [-0.25, -0.2) is 0 Å². The molecular weight excluding hydrogens is 244 g/mol. The van der Waals surface area contributed by atoms with E-state index in [-0.39, 0.29) is 0 Å². The van der Waals surface area contributed by atoms with Crippen molar-refractivity contribution in [2.24, 2.45) is 17.3 Å². The predicted molar refractivity (Wildman–Crippen MR) is 88.0 cm³/mol. The van der Waals surface area contributed by atoms with E-state index < -0.39 is 0 Å². The van der Waals surface area contributed by atoms with Gasteiger partial charge in [-0.05, 0) is 56.0 Å². The molecule has 0 aromatic heterocycles. The van der Waals surface area contributed by atoms with Crippen molar-refractivity contribution in [1.29, 1.82) is 0 Å². The van der Waals surface area contributed by atoms with E-state index in [1.807, 2.05) is 0 Å². The van der Waals surface area contributed by atoms with Crippen LogP contribution in [0.2, 0.25) is 0 Å². The van der Waals surface area contributed by atoms with Crippen LogP contribution in [-0.2, 0) is 0 Å². The van der Waals surface area contributed by atoms with Crippen molar-refractivity contribution in [3.8, 4) is 0 Å². The van der Waals surface area contributed by atoms with Gasteiger partial charge in [0.2, 0.25) is 0 Å². The predicted octanol–water partition coefficient (Wildman–Crippen LogP) is 3.91. The normalized spacial score (nSPS) is 30.4. The van der Waals surface area contributed by atoms with Crippen LogP contribution in [0.5, 0.6) is 0 Å². The molecule has 118 valence electrons. The van der Waals surface area contributed by atoms with Gasteiger partial charge in [0.05, 0.1) is 0 Å². The summed E-state index contributed by atoms with van der Waals surface area (Å²) in [5.41, 5.74) is 0.446. The van der Waals surface area contributed by atoms with Crippen molar-refractivity contribution in [3.63, 3.8) is 0 Å². The van der Waals surface area contributed by atoms with Gasteiger partial charge in [-0.3, -0.25) is 4.90 Å². The number of fused-ring (bicyclic) bond motifs is 1. The maximum Gasteiger partial charge on any atom is 0.0124 e. The van der Waals surface area contributed by atoms with Gasteiger partial charge >= 0.3 is 0 Å². The fraction of sp³-hybridized carbons (Fsp3) is 1.00. The number of hydrogen-bond donors (Lipinski definition) is 1. The Bertz CT molecular complexity index is 289. The summed E-state index contributed by atoms with van der Waals surface area (Å²) in [5, 5.41) is 3.70. The fourth-order valence-corrected chi connectivity index (χ4v) is 4.14. The molecule has 2 rings (SSSR count). The minimum atomic E-state index is 0.446. The maximum atomic E-state index is 3.70. The molecule has 0 aromatic rings. The maximum absolute atomic E-state index is 3.70. The molecule has 3 atom stereocenters. The van der Waals surface area contributed by atoms with Gasteiger partial charge < -0.3 is 5.32 Å². The van der Waals surface area contributed by atoms with Crippen molar-refractivity contribution in [3.05, 3.63) is 0 Å². The zero-order chi connectivity index (χ0) is 14.6. The summed E-state index contributed by atoms with van der Waals surface area (Å²) in [4.78, 5) is 2.84. The first-order valence-electron chi connectivity index (χ1n) is 8.99. The largest absolute Gasteiger partial charge is 0.316 e. The molecule has 0 radical (unpaired) electrons. The molecule has 1 heterocycles. The first-order valence-corrected chi connectivity index (χ1v) is 8.99. The average Bonchev–Trinajstić information content (AvgIpc) is 2.82. The zero-order valence-electron chi connectivity index (χ0n) is 14.3. The van der Waals surface area contributed by atoms with Crippen LogP contribution in [0, 0.1) is 17.3 Å². The van der Waals surface area contributed by atoms with Crippen molar-refractivity contribution in [2.75, 3.05) is 26.2 Å². The summed E-state index contributed by atoms with van der Waals surface area (Å²) in [6.07, 6.45) is 8.65. The highest BCUT2D eigenvalue weighted by Gasteiger charge is 2.38. The Labute approximate surface area is 126 Å². The molecule has 0 aromatic carbocycles. The Hall–Kier alpha value is -0.0800. The molecule has 2 heteroatoms. The Balaban J connectivity index is 1.85. The van der Waals surface area contributed by atoms with Crippen LogP contribution in [0.3, 0.4) is 0 Å². The number of nitrogens with one attached hydrogen (secondary N) is 1. The van der Waals surface area contributed by atoms with Gasteiger partial charge in [0.25, 0.3) is 0 Å². The van der Waals surface area contributed by atoms with Gasteiger partial charge in [0, 0.05) is 19.1 Å². The lowest BCUT2D eigenvalue weighted by atomic mass is 9.83. The van der Waals surface area contributed by atoms with Gasteiger partial charge in [-0.2, -0.15) is 0 Å². The molecule has 0 bridgehead atoms. The zero-order valence-corrected chi connectivity index (χ0v) is 14.3. The van der Waals surface area contributed by atoms with Crippen molar-refractivity contribution < 1.29 is 0 Å². The van der Waals surface area contributed by atoms with Crippen LogP contribution >= 0.6 is 0 Å². The van der Waals surface area contributed by atoms with E-state index in [4.69, 9.17) is 0 Å². The van der Waals surface area contributed by atoms with Crippen LogP contribution in [-0.4, -0.2) is 37.1 Å². The number of rotatable bonds is 7. The first kappa shape index (κ1) is 16.3. The topological polar surface area (TPSA) is 15.3 Å². The van der Waals surface area contributed by atoms with E-state index in [9.17, 15) is 0 Å². The SMILES string of the molecule is CCC(C)(CNCC(C)C)CN1CCC2CCCCC21. The molecule has 1 saturated carbocycles. The molecule has 0 amide bonds. The third kappa shape index (κ3) is 4.21. The van der Waals surface area contributed by atoms with Gasteiger partial charge in [-0.1, -0.05) is 40.5 Å². The number of nitrogens with zero attached hydrogens (tertiary/aromatic N) is 1. The summed E-state index contributed by atoms with van der Waals surface area (Å²) in [5.74, 6) is 1.78. The Morgan fingerprint density at radius 3 is 2.65 bits per heavy atom. The van der Waals surface area contributed by atoms with E-state index in [0.29, 0.717) is 5.41 Å². The second-order valence-electron chi connectivity index (χ2n) is 8.06. The van der Waals surface area contributed by atoms with Crippen molar-refractivity contribution in [2.45, 2.75) is 72.3 Å². The quantitative estimate of drug-likeness (QED) is 0.760. The number of hydrogen-bond acceptors (Lipinski definition) is 2. The molecular formula is C18H36N2. The third-order valence-electron chi connectivity index (χ3n) is 5.67. The first-order chi connectivity index (χ1) is 9.54. The van der Waals surface area contributed by atoms with Crippen molar-refractivity contribution >= 4 is 0 Å². The molecule has 2 nitrogen and oxygen atoms in total. The van der Waals surface area contributed by atoms with Crippen LogP contribution in [0.25, 0.3) is 0 Å². The molecule has 1 aliphatic carbocycles. The molecule has 1 N–H and O–H groups in total. The lowest BCUT2D eigenvalue weighted by molar-refractivity contribution is 0.114.